The lowest BCUT2D eigenvalue weighted by molar-refractivity contribution is -0.384. The molecule has 3 N–H and O–H groups in total. The number of hydrogen-bond donors (Lipinski definition) is 3. The largest absolute Gasteiger partial charge is 0.444 e. The molecule has 0 aliphatic heterocycles. The molecule has 170 valence electrons. The Labute approximate surface area is 195 Å². The van der Waals surface area contributed by atoms with Crippen LogP contribution in [-0.4, -0.2) is 49.3 Å². The summed E-state index contributed by atoms with van der Waals surface area (Å²) >= 11 is 0. The van der Waals surface area contributed by atoms with Crippen molar-refractivity contribution in [3.8, 4) is 0 Å². The summed E-state index contributed by atoms with van der Waals surface area (Å²) in [5.74, 6) is 0.720. The van der Waals surface area contributed by atoms with Gasteiger partial charge in [0.05, 0.1) is 4.92 Å². The number of benzene rings is 1. The van der Waals surface area contributed by atoms with Crippen molar-refractivity contribution in [1.29, 1.82) is 0 Å². The summed E-state index contributed by atoms with van der Waals surface area (Å²) in [7, 11) is 1.71. The Morgan fingerprint density at radius 1 is 1.03 bits per heavy atom. The van der Waals surface area contributed by atoms with Crippen LogP contribution in [0.4, 0.5) is 10.5 Å². The van der Waals surface area contributed by atoms with E-state index >= 15 is 0 Å². The number of rotatable bonds is 10. The lowest BCUT2D eigenvalue weighted by Crippen LogP contribution is -2.39. The highest BCUT2D eigenvalue weighted by Crippen LogP contribution is 2.13. The molecule has 1 aromatic carbocycles. The second kappa shape index (κ2) is 14.8. The maximum Gasteiger partial charge on any atom is 0.407 e. The third kappa shape index (κ3) is 13.2. The number of aryl methyl sites for hydroxylation is 1. The summed E-state index contributed by atoms with van der Waals surface area (Å²) in [4.78, 5) is 26.0. The summed E-state index contributed by atoms with van der Waals surface area (Å²) in [6.45, 7) is 7.47. The average Bonchev–Trinajstić information content (AvgIpc) is 2.64. The van der Waals surface area contributed by atoms with Crippen molar-refractivity contribution in [1.82, 2.24) is 16.0 Å². The molecule has 0 spiro atoms. The predicted molar refractivity (Wildman–Crippen MR) is 130 cm³/mol. The summed E-state index contributed by atoms with van der Waals surface area (Å²) in [6.07, 6.45) is 3.15. The summed E-state index contributed by atoms with van der Waals surface area (Å²) in [5.41, 5.74) is 0.717. The van der Waals surface area contributed by atoms with Crippen LogP contribution in [0.1, 0.15) is 45.6 Å². The first-order valence-electron chi connectivity index (χ1n) is 9.86. The van der Waals surface area contributed by atoms with Gasteiger partial charge >= 0.3 is 6.09 Å². The highest BCUT2D eigenvalue weighted by molar-refractivity contribution is 14.0. The van der Waals surface area contributed by atoms with E-state index in [-0.39, 0.29) is 34.6 Å². The van der Waals surface area contributed by atoms with Crippen molar-refractivity contribution >= 4 is 41.7 Å². The topological polar surface area (TPSA) is 118 Å². The third-order valence-corrected chi connectivity index (χ3v) is 3.87. The molecule has 9 nitrogen and oxygen atoms in total. The first-order valence-corrected chi connectivity index (χ1v) is 9.86. The number of alkyl carbamates (subject to hydrolysis) is 1. The number of nitrogens with zero attached hydrogens (tertiary/aromatic N) is 2. The van der Waals surface area contributed by atoms with E-state index in [4.69, 9.17) is 4.74 Å². The van der Waals surface area contributed by atoms with Crippen LogP contribution in [0.5, 0.6) is 0 Å². The number of halogens is 1. The molecule has 0 radical (unpaired) electrons. The van der Waals surface area contributed by atoms with Crippen molar-refractivity contribution in [3.05, 3.63) is 39.9 Å². The van der Waals surface area contributed by atoms with Gasteiger partial charge in [-0.3, -0.25) is 15.1 Å². The number of non-ortho nitro benzene ring substituents is 1. The van der Waals surface area contributed by atoms with Gasteiger partial charge in [-0.2, -0.15) is 0 Å². The number of guanidine groups is 1. The van der Waals surface area contributed by atoms with Crippen LogP contribution >= 0.6 is 24.0 Å². The van der Waals surface area contributed by atoms with E-state index in [9.17, 15) is 14.9 Å². The molecule has 1 aromatic rings. The molecule has 0 saturated heterocycles. The zero-order valence-electron chi connectivity index (χ0n) is 18.2. The smallest absolute Gasteiger partial charge is 0.407 e. The van der Waals surface area contributed by atoms with Gasteiger partial charge < -0.3 is 20.7 Å². The van der Waals surface area contributed by atoms with Gasteiger partial charge in [0.1, 0.15) is 5.60 Å². The second-order valence-electron chi connectivity index (χ2n) is 7.59. The minimum absolute atomic E-state index is 0. The van der Waals surface area contributed by atoms with Gasteiger partial charge in [-0.05, 0) is 52.0 Å². The first kappa shape index (κ1) is 27.9. The highest BCUT2D eigenvalue weighted by atomic mass is 127. The summed E-state index contributed by atoms with van der Waals surface area (Å²) < 4.78 is 5.17. The number of aliphatic imine (C=N–C) groups is 1. The molecule has 0 unspecified atom stereocenters. The maximum atomic E-state index is 11.5. The Kier molecular flexibility index (Phi) is 13.8. The molecule has 30 heavy (non-hydrogen) atoms. The number of ether oxygens (including phenoxy) is 1. The summed E-state index contributed by atoms with van der Waals surface area (Å²) in [6, 6.07) is 6.68. The van der Waals surface area contributed by atoms with Gasteiger partial charge in [-0.25, -0.2) is 4.79 Å². The fourth-order valence-corrected chi connectivity index (χ4v) is 2.47. The van der Waals surface area contributed by atoms with E-state index < -0.39 is 11.7 Å². The Morgan fingerprint density at radius 2 is 1.60 bits per heavy atom. The number of carbonyl (C=O) groups is 1. The van der Waals surface area contributed by atoms with Crippen molar-refractivity contribution in [2.75, 3.05) is 26.7 Å². The van der Waals surface area contributed by atoms with E-state index in [0.29, 0.717) is 13.1 Å². The van der Waals surface area contributed by atoms with Crippen LogP contribution in [0.25, 0.3) is 0 Å². The van der Waals surface area contributed by atoms with Crippen molar-refractivity contribution < 1.29 is 14.5 Å². The van der Waals surface area contributed by atoms with Crippen LogP contribution in [0.3, 0.4) is 0 Å². The second-order valence-corrected chi connectivity index (χ2v) is 7.59. The molecule has 0 aliphatic carbocycles. The van der Waals surface area contributed by atoms with Gasteiger partial charge in [0.25, 0.3) is 5.69 Å². The fourth-order valence-electron chi connectivity index (χ4n) is 2.47. The van der Waals surface area contributed by atoms with Gasteiger partial charge in [-0.15, -0.1) is 24.0 Å². The van der Waals surface area contributed by atoms with Crippen LogP contribution < -0.4 is 16.0 Å². The van der Waals surface area contributed by atoms with Crippen LogP contribution in [-0.2, 0) is 11.2 Å². The number of nitrogens with one attached hydrogen (secondary N) is 3. The van der Waals surface area contributed by atoms with E-state index in [1.165, 1.54) is 12.1 Å². The molecular formula is C20H34IN5O4. The molecule has 0 heterocycles. The number of nitro benzene ring substituents is 1. The fraction of sp³-hybridized carbons (Fsp3) is 0.600. The molecule has 1 rings (SSSR count). The molecule has 0 bridgehead atoms. The van der Waals surface area contributed by atoms with E-state index in [1.54, 1.807) is 19.2 Å². The molecule has 0 aliphatic rings. The van der Waals surface area contributed by atoms with Crippen molar-refractivity contribution in [2.24, 2.45) is 4.99 Å². The van der Waals surface area contributed by atoms with Crippen LogP contribution in [0.2, 0.25) is 0 Å². The Hall–Kier alpha value is -2.11. The normalized spacial score (nSPS) is 11.3. The number of unbranched alkanes of at least 4 members (excludes halogenated alkanes) is 1. The minimum Gasteiger partial charge on any atom is -0.444 e. The lowest BCUT2D eigenvalue weighted by atomic mass is 10.1. The van der Waals surface area contributed by atoms with E-state index in [0.717, 1.165) is 43.8 Å². The molecule has 1 amide bonds. The summed E-state index contributed by atoms with van der Waals surface area (Å²) in [5, 5.41) is 19.8. The Bertz CT molecular complexity index is 675. The van der Waals surface area contributed by atoms with E-state index in [2.05, 4.69) is 20.9 Å². The van der Waals surface area contributed by atoms with Crippen molar-refractivity contribution in [3.63, 3.8) is 0 Å². The third-order valence-electron chi connectivity index (χ3n) is 3.87. The van der Waals surface area contributed by atoms with Crippen LogP contribution in [0, 0.1) is 10.1 Å². The number of carbonyl (C=O) groups excluding carboxylic acids is 1. The molecule has 0 fully saturated rings. The molecule has 0 aromatic heterocycles. The zero-order chi connectivity index (χ0) is 21.7. The highest BCUT2D eigenvalue weighted by Gasteiger charge is 2.15. The number of amides is 1. The Morgan fingerprint density at radius 3 is 2.13 bits per heavy atom. The monoisotopic (exact) mass is 535 g/mol. The zero-order valence-corrected chi connectivity index (χ0v) is 20.5. The molecule has 0 atom stereocenters. The standard InChI is InChI=1S/C20H33N5O4.HI/c1-20(2,3)29-19(26)24-15-7-14-23-18(21-4)22-13-6-5-8-16-9-11-17(12-10-16)25(27)28;/h9-12H,5-8,13-15H2,1-4H3,(H,24,26)(H2,21,22,23);1H. The van der Waals surface area contributed by atoms with Gasteiger partial charge in [-0.1, -0.05) is 12.1 Å². The van der Waals surface area contributed by atoms with E-state index in [1.807, 2.05) is 20.8 Å². The molecule has 10 heteroatoms. The number of hydrogen-bond acceptors (Lipinski definition) is 5. The SMILES string of the molecule is CN=C(NCCCCc1ccc([N+](=O)[O-])cc1)NCCCNC(=O)OC(C)(C)C.I. The maximum absolute atomic E-state index is 11.5. The lowest BCUT2D eigenvalue weighted by Gasteiger charge is -2.19. The van der Waals surface area contributed by atoms with Crippen molar-refractivity contribution in [2.45, 2.75) is 52.1 Å². The minimum atomic E-state index is -0.493. The quantitative estimate of drug-likeness (QED) is 0.105. The predicted octanol–water partition coefficient (Wildman–Crippen LogP) is 3.62. The van der Waals surface area contributed by atoms with Crippen LogP contribution in [0.15, 0.2) is 29.3 Å². The molecular weight excluding hydrogens is 501 g/mol. The first-order chi connectivity index (χ1) is 13.7. The molecule has 0 saturated carbocycles. The van der Waals surface area contributed by atoms with Gasteiger partial charge in [0.15, 0.2) is 5.96 Å². The average molecular weight is 535 g/mol. The van der Waals surface area contributed by atoms with Gasteiger partial charge in [0.2, 0.25) is 0 Å². The Balaban J connectivity index is 0.00000841. The van der Waals surface area contributed by atoms with Gasteiger partial charge in [0, 0.05) is 38.8 Å². The number of nitro groups is 1.